The van der Waals surface area contributed by atoms with Gasteiger partial charge in [0.15, 0.2) is 5.75 Å². The number of benzene rings is 2. The Hall–Kier alpha value is -2.00. The van der Waals surface area contributed by atoms with E-state index in [1.54, 1.807) is 18.2 Å². The normalized spacial score (nSPS) is 23.6. The number of phenols is 1. The predicted molar refractivity (Wildman–Crippen MR) is 83.6 cm³/mol. The maximum Gasteiger partial charge on any atom is 0.228 e. The number of carbonyl (C=O) groups excluding carboxylic acids is 1. The van der Waals surface area contributed by atoms with Gasteiger partial charge >= 0.3 is 0 Å². The SMILES string of the molecule is CC1(c2ccccc2)CC1C(=O)Nc1cccc(Cl)c1O. The number of rotatable bonds is 3. The molecule has 0 radical (unpaired) electrons. The second-order valence-electron chi connectivity index (χ2n) is 5.67. The smallest absolute Gasteiger partial charge is 0.228 e. The van der Waals surface area contributed by atoms with Crippen LogP contribution in [0.4, 0.5) is 5.69 Å². The van der Waals surface area contributed by atoms with Crippen LogP contribution in [-0.4, -0.2) is 11.0 Å². The molecule has 0 heterocycles. The standard InChI is InChI=1S/C17H16ClNO2/c1-17(11-6-3-2-4-7-11)10-12(17)16(21)19-14-9-5-8-13(18)15(14)20/h2-9,12,20H,10H2,1H3,(H,19,21). The predicted octanol–water partition coefficient (Wildman–Crippen LogP) is 3.96. The highest BCUT2D eigenvalue weighted by molar-refractivity contribution is 6.32. The van der Waals surface area contributed by atoms with E-state index in [1.807, 2.05) is 30.3 Å². The lowest BCUT2D eigenvalue weighted by Crippen LogP contribution is -2.19. The zero-order valence-electron chi connectivity index (χ0n) is 11.6. The Labute approximate surface area is 128 Å². The van der Waals surface area contributed by atoms with Gasteiger partial charge < -0.3 is 10.4 Å². The molecule has 2 aromatic rings. The van der Waals surface area contributed by atoms with Gasteiger partial charge in [-0.1, -0.05) is 54.9 Å². The molecular formula is C17H16ClNO2. The van der Waals surface area contributed by atoms with Crippen LogP contribution < -0.4 is 5.32 Å². The van der Waals surface area contributed by atoms with E-state index in [4.69, 9.17) is 11.6 Å². The fourth-order valence-electron chi connectivity index (χ4n) is 2.72. The molecule has 3 nitrogen and oxygen atoms in total. The van der Waals surface area contributed by atoms with Crippen molar-refractivity contribution in [3.05, 3.63) is 59.1 Å². The highest BCUT2D eigenvalue weighted by Gasteiger charge is 2.55. The van der Waals surface area contributed by atoms with E-state index in [9.17, 15) is 9.90 Å². The molecule has 4 heteroatoms. The van der Waals surface area contributed by atoms with E-state index in [0.29, 0.717) is 5.69 Å². The summed E-state index contributed by atoms with van der Waals surface area (Å²) in [4.78, 5) is 12.4. The fourth-order valence-corrected chi connectivity index (χ4v) is 2.90. The molecule has 21 heavy (non-hydrogen) atoms. The van der Waals surface area contributed by atoms with Crippen molar-refractivity contribution < 1.29 is 9.90 Å². The second-order valence-corrected chi connectivity index (χ2v) is 6.07. The van der Waals surface area contributed by atoms with E-state index < -0.39 is 0 Å². The van der Waals surface area contributed by atoms with Crippen molar-refractivity contribution in [2.75, 3.05) is 5.32 Å². The summed E-state index contributed by atoms with van der Waals surface area (Å²) >= 11 is 5.84. The Balaban J connectivity index is 1.75. The lowest BCUT2D eigenvalue weighted by atomic mass is 9.95. The topological polar surface area (TPSA) is 49.3 Å². The molecule has 1 aliphatic carbocycles. The summed E-state index contributed by atoms with van der Waals surface area (Å²) in [6, 6.07) is 14.9. The van der Waals surface area contributed by atoms with Crippen molar-refractivity contribution >= 4 is 23.2 Å². The number of nitrogens with one attached hydrogen (secondary N) is 1. The molecule has 0 aliphatic heterocycles. The van der Waals surface area contributed by atoms with Crippen molar-refractivity contribution in [2.45, 2.75) is 18.8 Å². The number of phenolic OH excluding ortho intramolecular Hbond substituents is 1. The summed E-state index contributed by atoms with van der Waals surface area (Å²) in [5, 5.41) is 12.8. The number of para-hydroxylation sites is 1. The van der Waals surface area contributed by atoms with Gasteiger partial charge in [-0.25, -0.2) is 0 Å². The number of halogens is 1. The number of hydrogen-bond acceptors (Lipinski definition) is 2. The van der Waals surface area contributed by atoms with Gasteiger partial charge in [-0.05, 0) is 24.1 Å². The fraction of sp³-hybridized carbons (Fsp3) is 0.235. The highest BCUT2D eigenvalue weighted by Crippen LogP contribution is 2.54. The lowest BCUT2D eigenvalue weighted by Gasteiger charge is -2.12. The molecule has 0 spiro atoms. The Morgan fingerprint density at radius 3 is 2.67 bits per heavy atom. The van der Waals surface area contributed by atoms with Crippen molar-refractivity contribution in [2.24, 2.45) is 5.92 Å². The zero-order chi connectivity index (χ0) is 15.0. The molecule has 2 N–H and O–H groups in total. The molecule has 2 aromatic carbocycles. The minimum atomic E-state index is -0.125. The quantitative estimate of drug-likeness (QED) is 0.843. The van der Waals surface area contributed by atoms with Crippen molar-refractivity contribution in [3.63, 3.8) is 0 Å². The zero-order valence-corrected chi connectivity index (χ0v) is 12.4. The van der Waals surface area contributed by atoms with Crippen LogP contribution in [0.25, 0.3) is 0 Å². The monoisotopic (exact) mass is 301 g/mol. The third-order valence-electron chi connectivity index (χ3n) is 4.23. The van der Waals surface area contributed by atoms with Crippen LogP contribution >= 0.6 is 11.6 Å². The minimum absolute atomic E-state index is 0.0843. The van der Waals surface area contributed by atoms with Gasteiger partial charge in [-0.2, -0.15) is 0 Å². The van der Waals surface area contributed by atoms with Crippen LogP contribution in [0.5, 0.6) is 5.75 Å². The molecule has 0 aromatic heterocycles. The molecular weight excluding hydrogens is 286 g/mol. The van der Waals surface area contributed by atoms with Gasteiger partial charge in [0.25, 0.3) is 0 Å². The van der Waals surface area contributed by atoms with Crippen LogP contribution in [0.1, 0.15) is 18.9 Å². The number of hydrogen-bond donors (Lipinski definition) is 2. The molecule has 0 bridgehead atoms. The Morgan fingerprint density at radius 1 is 1.24 bits per heavy atom. The van der Waals surface area contributed by atoms with Gasteiger partial charge in [0.1, 0.15) is 0 Å². The van der Waals surface area contributed by atoms with Gasteiger partial charge in [0, 0.05) is 11.3 Å². The van der Waals surface area contributed by atoms with Crippen molar-refractivity contribution in [3.8, 4) is 5.75 Å². The number of carbonyl (C=O) groups is 1. The van der Waals surface area contributed by atoms with Crippen molar-refractivity contribution in [1.82, 2.24) is 0 Å². The average Bonchev–Trinajstić information content (AvgIpc) is 3.19. The summed E-state index contributed by atoms with van der Waals surface area (Å²) in [7, 11) is 0. The molecule has 1 fully saturated rings. The van der Waals surface area contributed by atoms with Gasteiger partial charge in [0.2, 0.25) is 5.91 Å². The van der Waals surface area contributed by atoms with Crippen LogP contribution in [0.3, 0.4) is 0 Å². The first kappa shape index (κ1) is 14.0. The second kappa shape index (κ2) is 5.08. The molecule has 1 saturated carbocycles. The largest absolute Gasteiger partial charge is 0.504 e. The molecule has 2 unspecified atom stereocenters. The van der Waals surface area contributed by atoms with E-state index in [1.165, 1.54) is 5.56 Å². The van der Waals surface area contributed by atoms with Crippen molar-refractivity contribution in [1.29, 1.82) is 0 Å². The first-order chi connectivity index (χ1) is 10.0. The summed E-state index contributed by atoms with van der Waals surface area (Å²) in [5.41, 5.74) is 1.40. The van der Waals surface area contributed by atoms with Gasteiger partial charge in [-0.3, -0.25) is 4.79 Å². The van der Waals surface area contributed by atoms with E-state index in [2.05, 4.69) is 12.2 Å². The molecule has 108 valence electrons. The maximum atomic E-state index is 12.4. The molecule has 0 saturated heterocycles. The van der Waals surface area contributed by atoms with E-state index >= 15 is 0 Å². The Morgan fingerprint density at radius 2 is 1.95 bits per heavy atom. The third kappa shape index (κ3) is 2.49. The summed E-state index contributed by atoms with van der Waals surface area (Å²) in [6.45, 7) is 2.09. The highest BCUT2D eigenvalue weighted by atomic mass is 35.5. The average molecular weight is 302 g/mol. The minimum Gasteiger partial charge on any atom is -0.504 e. The Kier molecular flexibility index (Phi) is 3.38. The van der Waals surface area contributed by atoms with Crippen LogP contribution in [0, 0.1) is 5.92 Å². The first-order valence-electron chi connectivity index (χ1n) is 6.86. The summed E-state index contributed by atoms with van der Waals surface area (Å²) < 4.78 is 0. The molecule has 1 aliphatic rings. The third-order valence-corrected chi connectivity index (χ3v) is 4.54. The molecule has 3 rings (SSSR count). The van der Waals surface area contributed by atoms with Crippen LogP contribution in [0.2, 0.25) is 5.02 Å². The maximum absolute atomic E-state index is 12.4. The molecule has 2 atom stereocenters. The molecule has 1 amide bonds. The first-order valence-corrected chi connectivity index (χ1v) is 7.24. The van der Waals surface area contributed by atoms with Crippen LogP contribution in [0.15, 0.2) is 48.5 Å². The number of aromatic hydroxyl groups is 1. The van der Waals surface area contributed by atoms with Gasteiger partial charge in [-0.15, -0.1) is 0 Å². The van der Waals surface area contributed by atoms with Crippen LogP contribution in [-0.2, 0) is 10.2 Å². The van der Waals surface area contributed by atoms with E-state index in [-0.39, 0.29) is 28.0 Å². The Bertz CT molecular complexity index is 686. The number of amides is 1. The summed E-state index contributed by atoms with van der Waals surface area (Å²) in [5.74, 6) is -0.258. The van der Waals surface area contributed by atoms with E-state index in [0.717, 1.165) is 6.42 Å². The lowest BCUT2D eigenvalue weighted by molar-refractivity contribution is -0.117. The van der Waals surface area contributed by atoms with Gasteiger partial charge in [0.05, 0.1) is 10.7 Å². The number of anilines is 1. The summed E-state index contributed by atoms with van der Waals surface area (Å²) in [6.07, 6.45) is 0.810.